The van der Waals surface area contributed by atoms with Gasteiger partial charge in [0.1, 0.15) is 5.82 Å². The molecule has 1 atom stereocenters. The number of halogens is 2. The number of hydrogen-bond acceptors (Lipinski definition) is 4. The number of nitrogens with zero attached hydrogens (tertiary/aromatic N) is 3. The van der Waals surface area contributed by atoms with E-state index in [0.29, 0.717) is 29.1 Å². The Morgan fingerprint density at radius 3 is 3.10 bits per heavy atom. The summed E-state index contributed by atoms with van der Waals surface area (Å²) in [5, 5.41) is 0. The molecule has 0 amide bonds. The van der Waals surface area contributed by atoms with Gasteiger partial charge in [0, 0.05) is 19.2 Å². The van der Waals surface area contributed by atoms with Crippen molar-refractivity contribution >= 4 is 32.9 Å². The molecule has 5 nitrogen and oxygen atoms in total. The van der Waals surface area contributed by atoms with E-state index in [4.69, 9.17) is 10.5 Å². The molecular formula is C13H16BrFN4O. The first-order valence-electron chi connectivity index (χ1n) is 6.45. The lowest BCUT2D eigenvalue weighted by Gasteiger charge is -2.30. The van der Waals surface area contributed by atoms with Gasteiger partial charge < -0.3 is 19.9 Å². The number of likely N-dealkylation sites (N-methyl/N-ethyl adjacent to an activating group) is 1. The molecule has 0 bridgehead atoms. The molecule has 0 spiro atoms. The molecule has 1 aliphatic rings. The minimum Gasteiger partial charge on any atom is -0.374 e. The van der Waals surface area contributed by atoms with Crippen LogP contribution in [0, 0.1) is 5.82 Å². The number of hydrogen-bond donors (Lipinski definition) is 1. The number of benzene rings is 1. The zero-order valence-electron chi connectivity index (χ0n) is 11.1. The molecule has 20 heavy (non-hydrogen) atoms. The number of ether oxygens (including phenoxy) is 1. The van der Waals surface area contributed by atoms with Crippen molar-refractivity contribution in [2.45, 2.75) is 12.6 Å². The number of imidazole rings is 1. The minimum atomic E-state index is -0.337. The van der Waals surface area contributed by atoms with Crippen molar-refractivity contribution in [1.82, 2.24) is 14.5 Å². The molecule has 108 valence electrons. The summed E-state index contributed by atoms with van der Waals surface area (Å²) in [6.45, 7) is 3.12. The van der Waals surface area contributed by atoms with Crippen LogP contribution in [0.4, 0.5) is 10.3 Å². The Balaban J connectivity index is 1.94. The Kier molecular flexibility index (Phi) is 3.66. The molecule has 1 aromatic heterocycles. The van der Waals surface area contributed by atoms with E-state index in [1.54, 1.807) is 6.07 Å². The third-order valence-electron chi connectivity index (χ3n) is 3.55. The average molecular weight is 343 g/mol. The summed E-state index contributed by atoms with van der Waals surface area (Å²) in [4.78, 5) is 6.43. The maximum Gasteiger partial charge on any atom is 0.201 e. The molecule has 2 aromatic rings. The topological polar surface area (TPSA) is 56.3 Å². The predicted molar refractivity (Wildman–Crippen MR) is 79.0 cm³/mol. The highest BCUT2D eigenvalue weighted by Crippen LogP contribution is 2.25. The van der Waals surface area contributed by atoms with Crippen molar-refractivity contribution in [2.75, 3.05) is 32.5 Å². The van der Waals surface area contributed by atoms with Crippen LogP contribution in [-0.2, 0) is 11.3 Å². The fourth-order valence-electron chi connectivity index (χ4n) is 2.51. The molecule has 1 saturated heterocycles. The Morgan fingerprint density at radius 2 is 2.35 bits per heavy atom. The van der Waals surface area contributed by atoms with Crippen LogP contribution in [0.1, 0.15) is 0 Å². The van der Waals surface area contributed by atoms with E-state index in [-0.39, 0.29) is 11.9 Å². The number of anilines is 1. The molecule has 1 unspecified atom stereocenters. The molecule has 7 heteroatoms. The SMILES string of the molecule is CN1CCOC(Cn2c(N)nc3cc(F)c(Br)cc32)C1. The Labute approximate surface area is 124 Å². The smallest absolute Gasteiger partial charge is 0.201 e. The highest BCUT2D eigenvalue weighted by molar-refractivity contribution is 9.10. The first-order valence-corrected chi connectivity index (χ1v) is 7.25. The van der Waals surface area contributed by atoms with Gasteiger partial charge in [0.05, 0.1) is 34.8 Å². The van der Waals surface area contributed by atoms with Gasteiger partial charge in [-0.3, -0.25) is 0 Å². The Bertz CT molecular complexity index is 645. The molecular weight excluding hydrogens is 327 g/mol. The van der Waals surface area contributed by atoms with Crippen molar-refractivity contribution in [3.63, 3.8) is 0 Å². The van der Waals surface area contributed by atoms with Crippen molar-refractivity contribution in [1.29, 1.82) is 0 Å². The summed E-state index contributed by atoms with van der Waals surface area (Å²) < 4.78 is 21.6. The second-order valence-electron chi connectivity index (χ2n) is 5.09. The first kappa shape index (κ1) is 13.8. The van der Waals surface area contributed by atoms with Gasteiger partial charge in [-0.2, -0.15) is 0 Å². The van der Waals surface area contributed by atoms with Crippen molar-refractivity contribution in [2.24, 2.45) is 0 Å². The summed E-state index contributed by atoms with van der Waals surface area (Å²) in [5.41, 5.74) is 7.33. The standard InChI is InChI=1S/C13H16BrFN4O/c1-18-2-3-20-8(6-18)7-19-12-4-9(14)10(15)5-11(12)17-13(19)16/h4-5,8H,2-3,6-7H2,1H3,(H2,16,17). The zero-order chi connectivity index (χ0) is 14.3. The van der Waals surface area contributed by atoms with E-state index in [2.05, 4.69) is 32.9 Å². The Morgan fingerprint density at radius 1 is 1.55 bits per heavy atom. The molecule has 2 N–H and O–H groups in total. The highest BCUT2D eigenvalue weighted by Gasteiger charge is 2.21. The van der Waals surface area contributed by atoms with Crippen LogP contribution in [-0.4, -0.2) is 47.3 Å². The van der Waals surface area contributed by atoms with Crippen molar-refractivity contribution in [3.05, 3.63) is 22.4 Å². The second kappa shape index (κ2) is 5.31. The van der Waals surface area contributed by atoms with Crippen LogP contribution in [0.2, 0.25) is 0 Å². The third kappa shape index (κ3) is 2.53. The number of rotatable bonds is 2. The van der Waals surface area contributed by atoms with Gasteiger partial charge in [-0.05, 0) is 29.0 Å². The lowest BCUT2D eigenvalue weighted by molar-refractivity contribution is -0.0267. The summed E-state index contributed by atoms with van der Waals surface area (Å²) >= 11 is 3.20. The highest BCUT2D eigenvalue weighted by atomic mass is 79.9. The molecule has 2 heterocycles. The summed E-state index contributed by atoms with van der Waals surface area (Å²) in [7, 11) is 2.07. The maximum atomic E-state index is 13.5. The number of morpholine rings is 1. The van der Waals surface area contributed by atoms with Gasteiger partial charge >= 0.3 is 0 Å². The van der Waals surface area contributed by atoms with Gasteiger partial charge in [-0.15, -0.1) is 0 Å². The fraction of sp³-hybridized carbons (Fsp3) is 0.462. The first-order chi connectivity index (χ1) is 9.54. The van der Waals surface area contributed by atoms with Gasteiger partial charge in [-0.1, -0.05) is 0 Å². The monoisotopic (exact) mass is 342 g/mol. The van der Waals surface area contributed by atoms with Crippen LogP contribution in [0.25, 0.3) is 11.0 Å². The summed E-state index contributed by atoms with van der Waals surface area (Å²) in [6, 6.07) is 3.10. The van der Waals surface area contributed by atoms with Crippen molar-refractivity contribution < 1.29 is 9.13 Å². The van der Waals surface area contributed by atoms with E-state index in [0.717, 1.165) is 18.6 Å². The van der Waals surface area contributed by atoms with E-state index < -0.39 is 0 Å². The van der Waals surface area contributed by atoms with Gasteiger partial charge in [0.15, 0.2) is 0 Å². The molecule has 1 aliphatic heterocycles. The van der Waals surface area contributed by atoms with E-state index in [9.17, 15) is 4.39 Å². The quantitative estimate of drug-likeness (QED) is 0.904. The van der Waals surface area contributed by atoms with Gasteiger partial charge in [0.25, 0.3) is 0 Å². The molecule has 1 aromatic carbocycles. The number of aromatic nitrogens is 2. The van der Waals surface area contributed by atoms with E-state index in [1.807, 2.05) is 4.57 Å². The molecule has 0 saturated carbocycles. The maximum absolute atomic E-state index is 13.5. The lowest BCUT2D eigenvalue weighted by atomic mass is 10.2. The zero-order valence-corrected chi connectivity index (χ0v) is 12.7. The largest absolute Gasteiger partial charge is 0.374 e. The fourth-order valence-corrected chi connectivity index (χ4v) is 2.84. The third-order valence-corrected chi connectivity index (χ3v) is 4.16. The molecule has 1 fully saturated rings. The van der Waals surface area contributed by atoms with Crippen LogP contribution >= 0.6 is 15.9 Å². The predicted octanol–water partition coefficient (Wildman–Crippen LogP) is 1.85. The van der Waals surface area contributed by atoms with Crippen LogP contribution in [0.3, 0.4) is 0 Å². The van der Waals surface area contributed by atoms with Crippen LogP contribution in [0.5, 0.6) is 0 Å². The number of nitrogen functional groups attached to an aromatic ring is 1. The van der Waals surface area contributed by atoms with E-state index in [1.165, 1.54) is 6.07 Å². The van der Waals surface area contributed by atoms with Crippen LogP contribution < -0.4 is 5.73 Å². The normalized spacial score (nSPS) is 20.6. The Hall–Kier alpha value is -1.18. The number of fused-ring (bicyclic) bond motifs is 1. The number of nitrogens with two attached hydrogens (primary N) is 1. The van der Waals surface area contributed by atoms with Crippen molar-refractivity contribution in [3.8, 4) is 0 Å². The molecule has 0 aliphatic carbocycles. The summed E-state index contributed by atoms with van der Waals surface area (Å²) in [5.74, 6) is 0.0464. The second-order valence-corrected chi connectivity index (χ2v) is 5.95. The molecule has 3 rings (SSSR count). The average Bonchev–Trinajstić information content (AvgIpc) is 2.67. The van der Waals surface area contributed by atoms with E-state index >= 15 is 0 Å². The summed E-state index contributed by atoms with van der Waals surface area (Å²) in [6.07, 6.45) is 0.0669. The van der Waals surface area contributed by atoms with Gasteiger partial charge in [-0.25, -0.2) is 9.37 Å². The lowest BCUT2D eigenvalue weighted by Crippen LogP contribution is -2.42. The molecule has 0 radical (unpaired) electrons. The minimum absolute atomic E-state index is 0.0669. The van der Waals surface area contributed by atoms with Crippen LogP contribution in [0.15, 0.2) is 16.6 Å². The van der Waals surface area contributed by atoms with Gasteiger partial charge in [0.2, 0.25) is 5.95 Å².